The highest BCUT2D eigenvalue weighted by atomic mass is 19.1. The van der Waals surface area contributed by atoms with Gasteiger partial charge in [-0.2, -0.15) is 0 Å². The topological polar surface area (TPSA) is 29.3 Å². The first-order chi connectivity index (χ1) is 7.61. The van der Waals surface area contributed by atoms with Crippen molar-refractivity contribution in [3.8, 4) is 0 Å². The van der Waals surface area contributed by atoms with E-state index in [1.165, 1.54) is 12.1 Å². The second kappa shape index (κ2) is 6.61. The van der Waals surface area contributed by atoms with Gasteiger partial charge in [0.05, 0.1) is 0 Å². The van der Waals surface area contributed by atoms with E-state index in [-0.39, 0.29) is 5.82 Å². The van der Waals surface area contributed by atoms with Crippen molar-refractivity contribution >= 4 is 0 Å². The van der Waals surface area contributed by atoms with Gasteiger partial charge in [0.1, 0.15) is 5.82 Å². The van der Waals surface area contributed by atoms with Crippen molar-refractivity contribution in [3.05, 3.63) is 35.6 Å². The Morgan fingerprint density at radius 1 is 1.31 bits per heavy atom. The fourth-order valence-corrected chi connectivity index (χ4v) is 1.87. The van der Waals surface area contributed by atoms with Crippen LogP contribution in [0.5, 0.6) is 0 Å². The average Bonchev–Trinajstić information content (AvgIpc) is 2.21. The lowest BCUT2D eigenvalue weighted by Gasteiger charge is -2.20. The molecule has 1 aromatic rings. The maximum atomic E-state index is 12.7. The Kier molecular flexibility index (Phi) is 5.43. The molecule has 0 aromatic heterocycles. The molecule has 0 bridgehead atoms. The van der Waals surface area contributed by atoms with E-state index >= 15 is 0 Å². The first kappa shape index (κ1) is 13.1. The molecular weight excluding hydrogens is 203 g/mol. The zero-order valence-corrected chi connectivity index (χ0v) is 10.1. The van der Waals surface area contributed by atoms with Crippen LogP contribution >= 0.6 is 0 Å². The van der Waals surface area contributed by atoms with Gasteiger partial charge in [-0.1, -0.05) is 19.1 Å². The predicted molar refractivity (Wildman–Crippen MR) is 65.6 cm³/mol. The summed E-state index contributed by atoms with van der Waals surface area (Å²) in [5.41, 5.74) is 6.66. The highest BCUT2D eigenvalue weighted by Gasteiger charge is 2.06. The van der Waals surface area contributed by atoms with E-state index in [1.807, 2.05) is 12.1 Å². The Balaban J connectivity index is 2.39. The Labute approximate surface area is 97.3 Å². The van der Waals surface area contributed by atoms with Gasteiger partial charge in [-0.15, -0.1) is 0 Å². The molecule has 1 atom stereocenters. The lowest BCUT2D eigenvalue weighted by molar-refractivity contribution is 0.273. The molecule has 1 aromatic carbocycles. The molecule has 0 saturated carbocycles. The monoisotopic (exact) mass is 224 g/mol. The molecule has 2 N–H and O–H groups in total. The van der Waals surface area contributed by atoms with Crippen LogP contribution in [0.15, 0.2) is 24.3 Å². The molecule has 2 nitrogen and oxygen atoms in total. The summed E-state index contributed by atoms with van der Waals surface area (Å²) in [5, 5.41) is 0. The van der Waals surface area contributed by atoms with Crippen LogP contribution in [-0.2, 0) is 6.54 Å². The van der Waals surface area contributed by atoms with Gasteiger partial charge in [0.15, 0.2) is 0 Å². The minimum Gasteiger partial charge on any atom is -0.330 e. The van der Waals surface area contributed by atoms with Crippen molar-refractivity contribution in [2.75, 3.05) is 20.1 Å². The summed E-state index contributed by atoms with van der Waals surface area (Å²) in [5.74, 6) is 0.429. The molecule has 0 aliphatic heterocycles. The second-order valence-electron chi connectivity index (χ2n) is 4.51. The van der Waals surface area contributed by atoms with E-state index in [4.69, 9.17) is 5.73 Å². The van der Waals surface area contributed by atoms with E-state index in [9.17, 15) is 4.39 Å². The van der Waals surface area contributed by atoms with Crippen molar-refractivity contribution in [1.29, 1.82) is 0 Å². The van der Waals surface area contributed by atoms with Crippen LogP contribution in [-0.4, -0.2) is 25.0 Å². The van der Waals surface area contributed by atoms with Gasteiger partial charge in [-0.25, -0.2) is 4.39 Å². The Morgan fingerprint density at radius 3 is 2.50 bits per heavy atom. The molecule has 1 rings (SSSR count). The lowest BCUT2D eigenvalue weighted by atomic mass is 10.1. The molecule has 0 saturated heterocycles. The van der Waals surface area contributed by atoms with Crippen molar-refractivity contribution in [2.45, 2.75) is 19.9 Å². The molecule has 16 heavy (non-hydrogen) atoms. The van der Waals surface area contributed by atoms with Gasteiger partial charge < -0.3 is 10.6 Å². The number of hydrogen-bond donors (Lipinski definition) is 1. The molecule has 3 heteroatoms. The SMILES string of the molecule is CC(CCN)CN(C)Cc1ccc(F)cc1. The predicted octanol–water partition coefficient (Wildman–Crippen LogP) is 2.24. The summed E-state index contributed by atoms with van der Waals surface area (Å²) in [6.45, 7) is 4.82. The number of hydrogen-bond acceptors (Lipinski definition) is 2. The Hall–Kier alpha value is -0.930. The van der Waals surface area contributed by atoms with E-state index < -0.39 is 0 Å². The number of halogens is 1. The van der Waals surface area contributed by atoms with E-state index in [0.29, 0.717) is 5.92 Å². The Morgan fingerprint density at radius 2 is 1.94 bits per heavy atom. The molecule has 0 fully saturated rings. The third-order valence-corrected chi connectivity index (χ3v) is 2.65. The van der Waals surface area contributed by atoms with Crippen LogP contribution in [0.2, 0.25) is 0 Å². The second-order valence-corrected chi connectivity index (χ2v) is 4.51. The van der Waals surface area contributed by atoms with Crippen molar-refractivity contribution < 1.29 is 4.39 Å². The standard InChI is InChI=1S/C13H21FN2/c1-11(7-8-15)9-16(2)10-12-3-5-13(14)6-4-12/h3-6,11H,7-10,15H2,1-2H3. The first-order valence-corrected chi connectivity index (χ1v) is 5.75. The molecule has 1 unspecified atom stereocenters. The molecule has 0 spiro atoms. The fourth-order valence-electron chi connectivity index (χ4n) is 1.87. The summed E-state index contributed by atoms with van der Waals surface area (Å²) in [7, 11) is 2.08. The number of nitrogens with zero attached hydrogens (tertiary/aromatic N) is 1. The van der Waals surface area contributed by atoms with Crippen molar-refractivity contribution in [1.82, 2.24) is 4.90 Å². The molecule has 0 amide bonds. The van der Waals surface area contributed by atoms with Crippen molar-refractivity contribution in [2.24, 2.45) is 11.7 Å². The number of nitrogens with two attached hydrogens (primary N) is 1. The normalized spacial score (nSPS) is 13.1. The van der Waals surface area contributed by atoms with E-state index in [0.717, 1.165) is 31.6 Å². The molecular formula is C13H21FN2. The van der Waals surface area contributed by atoms with Crippen LogP contribution in [0.25, 0.3) is 0 Å². The molecule has 90 valence electrons. The summed E-state index contributed by atoms with van der Waals surface area (Å²) in [6.07, 6.45) is 1.05. The number of rotatable bonds is 6. The lowest BCUT2D eigenvalue weighted by Crippen LogP contribution is -2.25. The highest BCUT2D eigenvalue weighted by Crippen LogP contribution is 2.08. The van der Waals surface area contributed by atoms with E-state index in [2.05, 4.69) is 18.9 Å². The molecule has 0 aliphatic carbocycles. The third kappa shape index (κ3) is 4.73. The molecule has 0 heterocycles. The molecule has 0 radical (unpaired) electrons. The van der Waals surface area contributed by atoms with Crippen LogP contribution in [0.4, 0.5) is 4.39 Å². The zero-order chi connectivity index (χ0) is 12.0. The quantitative estimate of drug-likeness (QED) is 0.803. The van der Waals surface area contributed by atoms with Crippen LogP contribution in [0.1, 0.15) is 18.9 Å². The van der Waals surface area contributed by atoms with Gasteiger partial charge in [0.25, 0.3) is 0 Å². The van der Waals surface area contributed by atoms with Crippen LogP contribution in [0.3, 0.4) is 0 Å². The zero-order valence-electron chi connectivity index (χ0n) is 10.1. The van der Waals surface area contributed by atoms with Crippen LogP contribution in [0, 0.1) is 11.7 Å². The first-order valence-electron chi connectivity index (χ1n) is 5.75. The summed E-state index contributed by atoms with van der Waals surface area (Å²) >= 11 is 0. The smallest absolute Gasteiger partial charge is 0.123 e. The summed E-state index contributed by atoms with van der Waals surface area (Å²) in [4.78, 5) is 2.24. The van der Waals surface area contributed by atoms with Crippen LogP contribution < -0.4 is 5.73 Å². The van der Waals surface area contributed by atoms with Gasteiger partial charge in [-0.3, -0.25) is 0 Å². The van der Waals surface area contributed by atoms with Gasteiger partial charge in [0.2, 0.25) is 0 Å². The average molecular weight is 224 g/mol. The number of benzene rings is 1. The van der Waals surface area contributed by atoms with Gasteiger partial charge in [-0.05, 0) is 43.6 Å². The van der Waals surface area contributed by atoms with E-state index in [1.54, 1.807) is 0 Å². The van der Waals surface area contributed by atoms with Crippen molar-refractivity contribution in [3.63, 3.8) is 0 Å². The maximum absolute atomic E-state index is 12.7. The van der Waals surface area contributed by atoms with Gasteiger partial charge in [0, 0.05) is 13.1 Å². The molecule has 0 aliphatic rings. The van der Waals surface area contributed by atoms with Gasteiger partial charge >= 0.3 is 0 Å². The Bertz CT molecular complexity index is 297. The highest BCUT2D eigenvalue weighted by molar-refractivity contribution is 5.15. The minimum atomic E-state index is -0.178. The maximum Gasteiger partial charge on any atom is 0.123 e. The third-order valence-electron chi connectivity index (χ3n) is 2.65. The summed E-state index contributed by atoms with van der Waals surface area (Å²) < 4.78 is 12.7. The largest absolute Gasteiger partial charge is 0.330 e. The minimum absolute atomic E-state index is 0.178. The fraction of sp³-hybridized carbons (Fsp3) is 0.538. The summed E-state index contributed by atoms with van der Waals surface area (Å²) in [6, 6.07) is 6.68.